The average molecular weight is 270 g/mol. The van der Waals surface area contributed by atoms with Gasteiger partial charge < -0.3 is 10.2 Å². The number of hydrogen-bond donors (Lipinski definition) is 2. The smallest absolute Gasteiger partial charge is 0.115 e. The molecule has 0 bridgehead atoms. The summed E-state index contributed by atoms with van der Waals surface area (Å²) < 4.78 is 0. The summed E-state index contributed by atoms with van der Waals surface area (Å²) in [4.78, 5) is 0. The fourth-order valence-corrected chi connectivity index (χ4v) is 3.02. The Bertz CT molecular complexity index is 511. The zero-order chi connectivity index (χ0) is 14.5. The molecule has 2 aromatic carbocycles. The summed E-state index contributed by atoms with van der Waals surface area (Å²) in [6.45, 7) is 4.33. The quantitative estimate of drug-likeness (QED) is 0.820. The Kier molecular flexibility index (Phi) is 4.67. The highest BCUT2D eigenvalue weighted by atomic mass is 16.3. The molecule has 0 radical (unpaired) electrons. The van der Waals surface area contributed by atoms with Crippen LogP contribution in [-0.2, 0) is 0 Å². The molecule has 0 unspecified atom stereocenters. The summed E-state index contributed by atoms with van der Waals surface area (Å²) in [6, 6.07) is 15.0. The van der Waals surface area contributed by atoms with Crippen molar-refractivity contribution in [3.8, 4) is 11.5 Å². The van der Waals surface area contributed by atoms with Gasteiger partial charge in [0, 0.05) is 0 Å². The van der Waals surface area contributed by atoms with Crippen LogP contribution in [0.3, 0.4) is 0 Å². The van der Waals surface area contributed by atoms with Crippen molar-refractivity contribution >= 4 is 0 Å². The van der Waals surface area contributed by atoms with Crippen molar-refractivity contribution < 1.29 is 10.2 Å². The first-order valence-corrected chi connectivity index (χ1v) is 7.23. The second-order valence-electron chi connectivity index (χ2n) is 5.22. The standard InChI is InChI=1S/C18H22O2/c1-3-17(13-7-5-9-15(19)11-13)18(4-2)14-8-6-10-16(20)12-14/h5-12,17-20H,3-4H2,1-2H3/t17-,18+. The van der Waals surface area contributed by atoms with Crippen LogP contribution in [-0.4, -0.2) is 10.2 Å². The first-order valence-electron chi connectivity index (χ1n) is 7.23. The lowest BCUT2D eigenvalue weighted by atomic mass is 9.78. The minimum atomic E-state index is 0.312. The molecule has 2 rings (SSSR count). The lowest BCUT2D eigenvalue weighted by molar-refractivity contribution is 0.462. The summed E-state index contributed by atoms with van der Waals surface area (Å²) in [5.74, 6) is 1.31. The van der Waals surface area contributed by atoms with Gasteiger partial charge in [-0.15, -0.1) is 0 Å². The highest BCUT2D eigenvalue weighted by Gasteiger charge is 2.22. The number of phenolic OH excluding ortho intramolecular Hbond substituents is 2. The zero-order valence-corrected chi connectivity index (χ0v) is 12.1. The predicted octanol–water partition coefficient (Wildman–Crippen LogP) is 4.79. The van der Waals surface area contributed by atoms with Crippen molar-refractivity contribution in [2.24, 2.45) is 0 Å². The molecule has 2 N–H and O–H groups in total. The highest BCUT2D eigenvalue weighted by Crippen LogP contribution is 2.39. The van der Waals surface area contributed by atoms with E-state index in [2.05, 4.69) is 26.0 Å². The van der Waals surface area contributed by atoms with Crippen molar-refractivity contribution in [1.82, 2.24) is 0 Å². The van der Waals surface area contributed by atoms with Crippen LogP contribution in [0.2, 0.25) is 0 Å². The minimum absolute atomic E-state index is 0.312. The monoisotopic (exact) mass is 270 g/mol. The Morgan fingerprint density at radius 3 is 1.45 bits per heavy atom. The Hall–Kier alpha value is -1.96. The second kappa shape index (κ2) is 6.47. The molecular formula is C18H22O2. The molecule has 0 spiro atoms. The molecule has 0 aliphatic heterocycles. The van der Waals surface area contributed by atoms with Crippen LogP contribution in [0.15, 0.2) is 48.5 Å². The molecule has 2 atom stereocenters. The lowest BCUT2D eigenvalue weighted by Gasteiger charge is -2.26. The van der Waals surface area contributed by atoms with Gasteiger partial charge in [-0.25, -0.2) is 0 Å². The van der Waals surface area contributed by atoms with Crippen molar-refractivity contribution in [2.45, 2.75) is 38.5 Å². The molecule has 0 aliphatic rings. The fourth-order valence-electron chi connectivity index (χ4n) is 3.02. The van der Waals surface area contributed by atoms with Gasteiger partial charge in [0.1, 0.15) is 11.5 Å². The van der Waals surface area contributed by atoms with Crippen molar-refractivity contribution in [2.75, 3.05) is 0 Å². The Labute approximate surface area is 120 Å². The molecule has 0 amide bonds. The van der Waals surface area contributed by atoms with E-state index in [1.54, 1.807) is 12.1 Å². The van der Waals surface area contributed by atoms with Gasteiger partial charge in [0.15, 0.2) is 0 Å². The molecule has 0 aromatic heterocycles. The largest absolute Gasteiger partial charge is 0.508 e. The fraction of sp³-hybridized carbons (Fsp3) is 0.333. The maximum absolute atomic E-state index is 9.69. The summed E-state index contributed by atoms with van der Waals surface area (Å²) in [5, 5.41) is 19.4. The molecule has 2 aromatic rings. The van der Waals surface area contributed by atoms with Gasteiger partial charge in [-0.05, 0) is 60.1 Å². The van der Waals surface area contributed by atoms with Crippen molar-refractivity contribution in [3.05, 3.63) is 59.7 Å². The van der Waals surface area contributed by atoms with E-state index in [4.69, 9.17) is 0 Å². The normalized spacial score (nSPS) is 13.9. The zero-order valence-electron chi connectivity index (χ0n) is 12.1. The average Bonchev–Trinajstić information content (AvgIpc) is 2.44. The molecular weight excluding hydrogens is 248 g/mol. The summed E-state index contributed by atoms with van der Waals surface area (Å²) in [7, 11) is 0. The Morgan fingerprint density at radius 1 is 0.750 bits per heavy atom. The third kappa shape index (κ3) is 3.13. The molecule has 0 saturated heterocycles. The summed E-state index contributed by atoms with van der Waals surface area (Å²) in [6.07, 6.45) is 2.00. The molecule has 2 nitrogen and oxygen atoms in total. The molecule has 2 heteroatoms. The maximum Gasteiger partial charge on any atom is 0.115 e. The van der Waals surface area contributed by atoms with E-state index in [1.165, 1.54) is 0 Å². The summed E-state index contributed by atoms with van der Waals surface area (Å²) in [5.41, 5.74) is 2.31. The van der Waals surface area contributed by atoms with Crippen LogP contribution in [0.1, 0.15) is 49.7 Å². The molecule has 0 aliphatic carbocycles. The van der Waals surface area contributed by atoms with Crippen LogP contribution >= 0.6 is 0 Å². The molecule has 106 valence electrons. The number of rotatable bonds is 5. The van der Waals surface area contributed by atoms with Crippen molar-refractivity contribution in [3.63, 3.8) is 0 Å². The van der Waals surface area contributed by atoms with Crippen molar-refractivity contribution in [1.29, 1.82) is 0 Å². The van der Waals surface area contributed by atoms with Gasteiger partial charge in [0.25, 0.3) is 0 Å². The Morgan fingerprint density at radius 2 is 1.15 bits per heavy atom. The number of aromatic hydroxyl groups is 2. The predicted molar refractivity (Wildman–Crippen MR) is 82.3 cm³/mol. The molecule has 0 fully saturated rings. The van der Waals surface area contributed by atoms with Crippen LogP contribution in [0.25, 0.3) is 0 Å². The molecule has 20 heavy (non-hydrogen) atoms. The second-order valence-corrected chi connectivity index (χ2v) is 5.22. The number of benzene rings is 2. The van der Waals surface area contributed by atoms with Gasteiger partial charge in [0.05, 0.1) is 0 Å². The van der Waals surface area contributed by atoms with E-state index in [-0.39, 0.29) is 0 Å². The van der Waals surface area contributed by atoms with Crippen LogP contribution < -0.4 is 0 Å². The van der Waals surface area contributed by atoms with Gasteiger partial charge in [-0.1, -0.05) is 38.1 Å². The highest BCUT2D eigenvalue weighted by molar-refractivity contribution is 5.35. The van der Waals surface area contributed by atoms with E-state index in [0.717, 1.165) is 24.0 Å². The Balaban J connectivity index is 2.37. The van der Waals surface area contributed by atoms with Gasteiger partial charge in [-0.2, -0.15) is 0 Å². The summed E-state index contributed by atoms with van der Waals surface area (Å²) >= 11 is 0. The van der Waals surface area contributed by atoms with Gasteiger partial charge in [-0.3, -0.25) is 0 Å². The molecule has 0 saturated carbocycles. The van der Waals surface area contributed by atoms with Crippen LogP contribution in [0.5, 0.6) is 11.5 Å². The molecule has 0 heterocycles. The van der Waals surface area contributed by atoms with E-state index >= 15 is 0 Å². The van der Waals surface area contributed by atoms with Crippen LogP contribution in [0, 0.1) is 0 Å². The van der Waals surface area contributed by atoms with E-state index in [9.17, 15) is 10.2 Å². The number of phenols is 2. The van der Waals surface area contributed by atoms with Crippen LogP contribution in [0.4, 0.5) is 0 Å². The third-order valence-electron chi connectivity index (χ3n) is 3.96. The van der Waals surface area contributed by atoms with E-state index < -0.39 is 0 Å². The first kappa shape index (κ1) is 14.4. The lowest BCUT2D eigenvalue weighted by Crippen LogP contribution is -2.10. The SMILES string of the molecule is CC[C@H](c1cccc(O)c1)[C@@H](CC)c1cccc(O)c1. The maximum atomic E-state index is 9.69. The first-order chi connectivity index (χ1) is 9.65. The third-order valence-corrected chi connectivity index (χ3v) is 3.96. The topological polar surface area (TPSA) is 40.5 Å². The van der Waals surface area contributed by atoms with Gasteiger partial charge in [0.2, 0.25) is 0 Å². The van der Waals surface area contributed by atoms with E-state index in [1.807, 2.05) is 24.3 Å². The van der Waals surface area contributed by atoms with Gasteiger partial charge >= 0.3 is 0 Å². The number of hydrogen-bond acceptors (Lipinski definition) is 2. The minimum Gasteiger partial charge on any atom is -0.508 e. The van der Waals surface area contributed by atoms with E-state index in [0.29, 0.717) is 23.3 Å².